The van der Waals surface area contributed by atoms with Crippen molar-refractivity contribution in [3.63, 3.8) is 0 Å². The Hall–Kier alpha value is -5.81. The van der Waals surface area contributed by atoms with Gasteiger partial charge in [0.15, 0.2) is 57.8 Å². The third kappa shape index (κ3) is 6.58. The second-order valence-corrected chi connectivity index (χ2v) is 9.86. The molecular weight excluding hydrogens is 608 g/mol. The summed E-state index contributed by atoms with van der Waals surface area (Å²) in [7, 11) is 0. The summed E-state index contributed by atoms with van der Waals surface area (Å²) >= 11 is 0. The highest BCUT2D eigenvalue weighted by Gasteiger charge is 2.48. The molecule has 1 aliphatic heterocycles. The standard InChI is InChI=1S/C28H26O17/c1-9-19(8-42-25(39)10-2-13(29)20(35)14(30)3-10)43-28(45-27(41)12-6-17(33)22(37)18(34)7-12)23(38)24(9)44-26(40)11-4-15(31)21(36)16(32)5-11/h2-7,9,19,23-24,28-38H,8H2,1H3. The van der Waals surface area contributed by atoms with E-state index in [0.717, 1.165) is 36.4 Å². The Morgan fingerprint density at radius 2 is 0.978 bits per heavy atom. The van der Waals surface area contributed by atoms with Crippen LogP contribution in [0.1, 0.15) is 38.0 Å². The number of hydrogen-bond acceptors (Lipinski definition) is 17. The fourth-order valence-corrected chi connectivity index (χ4v) is 4.29. The molecule has 0 aliphatic carbocycles. The molecule has 0 aromatic heterocycles. The monoisotopic (exact) mass is 634 g/mol. The topological polar surface area (TPSA) is 290 Å². The molecule has 4 rings (SSSR count). The van der Waals surface area contributed by atoms with E-state index >= 15 is 0 Å². The number of benzene rings is 3. The molecule has 17 nitrogen and oxygen atoms in total. The zero-order chi connectivity index (χ0) is 33.3. The minimum absolute atomic E-state index is 0.392. The van der Waals surface area contributed by atoms with Gasteiger partial charge in [-0.25, -0.2) is 14.4 Å². The first kappa shape index (κ1) is 32.1. The van der Waals surface area contributed by atoms with Gasteiger partial charge in [0, 0.05) is 5.92 Å². The smallest absolute Gasteiger partial charge is 0.340 e. The molecule has 0 bridgehead atoms. The minimum atomic E-state index is -1.96. The largest absolute Gasteiger partial charge is 0.504 e. The maximum atomic E-state index is 12.9. The molecule has 0 radical (unpaired) electrons. The Morgan fingerprint density at radius 1 is 0.622 bits per heavy atom. The lowest BCUT2D eigenvalue weighted by Crippen LogP contribution is -2.57. The summed E-state index contributed by atoms with van der Waals surface area (Å²) in [6.07, 6.45) is -6.81. The summed E-state index contributed by atoms with van der Waals surface area (Å²) in [6, 6.07) is 4.59. The van der Waals surface area contributed by atoms with Gasteiger partial charge in [-0.05, 0) is 36.4 Å². The Bertz CT molecular complexity index is 1580. The van der Waals surface area contributed by atoms with Gasteiger partial charge in [0.2, 0.25) is 6.29 Å². The van der Waals surface area contributed by atoms with Crippen LogP contribution in [0, 0.1) is 5.92 Å². The number of carbonyl (C=O) groups excluding carboxylic acids is 3. The van der Waals surface area contributed by atoms with Gasteiger partial charge in [0.1, 0.15) is 18.8 Å². The van der Waals surface area contributed by atoms with Crippen molar-refractivity contribution >= 4 is 17.9 Å². The molecule has 1 fully saturated rings. The van der Waals surface area contributed by atoms with Crippen LogP contribution in [-0.4, -0.2) is 100 Å². The predicted octanol–water partition coefficient (Wildman–Crippen LogP) is 0.998. The average Bonchev–Trinajstić information content (AvgIpc) is 2.99. The lowest BCUT2D eigenvalue weighted by atomic mass is 9.90. The molecule has 240 valence electrons. The van der Waals surface area contributed by atoms with E-state index in [1.165, 1.54) is 6.92 Å². The molecule has 5 unspecified atom stereocenters. The fourth-order valence-electron chi connectivity index (χ4n) is 4.29. The van der Waals surface area contributed by atoms with Gasteiger partial charge < -0.3 is 70.0 Å². The SMILES string of the molecule is CC1C(COC(=O)c2cc(O)c(O)c(O)c2)OC(OC(=O)c2cc(O)c(O)c(O)c2)C(O)C1OC(=O)c1cc(O)c(O)c(O)c1. The first-order chi connectivity index (χ1) is 21.1. The van der Waals surface area contributed by atoms with Crippen molar-refractivity contribution in [1.82, 2.24) is 0 Å². The van der Waals surface area contributed by atoms with Gasteiger partial charge in [0.05, 0.1) is 16.7 Å². The second kappa shape index (κ2) is 12.4. The van der Waals surface area contributed by atoms with Crippen molar-refractivity contribution in [3.05, 3.63) is 53.1 Å². The van der Waals surface area contributed by atoms with Gasteiger partial charge in [-0.2, -0.15) is 0 Å². The van der Waals surface area contributed by atoms with Gasteiger partial charge in [0.25, 0.3) is 0 Å². The van der Waals surface area contributed by atoms with Crippen LogP contribution in [0.5, 0.6) is 51.7 Å². The van der Waals surface area contributed by atoms with Crippen molar-refractivity contribution < 1.29 is 84.4 Å². The first-order valence-electron chi connectivity index (χ1n) is 12.8. The number of carbonyl (C=O) groups is 3. The van der Waals surface area contributed by atoms with Crippen LogP contribution in [0.3, 0.4) is 0 Å². The van der Waals surface area contributed by atoms with Gasteiger partial charge in [-0.1, -0.05) is 6.92 Å². The highest BCUT2D eigenvalue weighted by molar-refractivity contribution is 5.92. The molecule has 1 saturated heterocycles. The van der Waals surface area contributed by atoms with E-state index in [2.05, 4.69) is 0 Å². The molecule has 3 aromatic rings. The Kier molecular flexibility index (Phi) is 8.87. The maximum absolute atomic E-state index is 12.9. The molecule has 45 heavy (non-hydrogen) atoms. The molecule has 0 saturated carbocycles. The molecule has 1 aliphatic rings. The molecular formula is C28H26O17. The molecule has 1 heterocycles. The van der Waals surface area contributed by atoms with Crippen molar-refractivity contribution in [2.24, 2.45) is 5.92 Å². The van der Waals surface area contributed by atoms with Crippen LogP contribution in [-0.2, 0) is 18.9 Å². The number of hydrogen-bond donors (Lipinski definition) is 10. The van der Waals surface area contributed by atoms with Crippen LogP contribution >= 0.6 is 0 Å². The van der Waals surface area contributed by atoms with Crippen molar-refractivity contribution in [3.8, 4) is 51.7 Å². The number of phenols is 9. The van der Waals surface area contributed by atoms with E-state index in [1.807, 2.05) is 0 Å². The summed E-state index contributed by atoms with van der Waals surface area (Å²) in [5, 5.41) is 98.0. The van der Waals surface area contributed by atoms with E-state index < -0.39 is 123 Å². The second-order valence-electron chi connectivity index (χ2n) is 9.86. The number of aliphatic hydroxyl groups excluding tert-OH is 1. The zero-order valence-electron chi connectivity index (χ0n) is 22.9. The Balaban J connectivity index is 1.59. The van der Waals surface area contributed by atoms with E-state index in [-0.39, 0.29) is 0 Å². The van der Waals surface area contributed by atoms with Crippen LogP contribution in [0.15, 0.2) is 36.4 Å². The van der Waals surface area contributed by atoms with E-state index in [9.17, 15) is 65.4 Å². The average molecular weight is 634 g/mol. The highest BCUT2D eigenvalue weighted by atomic mass is 16.7. The first-order valence-corrected chi connectivity index (χ1v) is 12.8. The minimum Gasteiger partial charge on any atom is -0.504 e. The summed E-state index contributed by atoms with van der Waals surface area (Å²) in [6.45, 7) is 0.719. The summed E-state index contributed by atoms with van der Waals surface area (Å²) in [5.41, 5.74) is -1.36. The third-order valence-corrected chi connectivity index (χ3v) is 6.79. The van der Waals surface area contributed by atoms with Crippen molar-refractivity contribution in [2.75, 3.05) is 6.61 Å². The summed E-state index contributed by atoms with van der Waals surface area (Å²) in [4.78, 5) is 38.3. The lowest BCUT2D eigenvalue weighted by molar-refractivity contribution is -0.269. The molecule has 5 atom stereocenters. The van der Waals surface area contributed by atoms with E-state index in [4.69, 9.17) is 18.9 Å². The number of ether oxygens (including phenoxy) is 4. The van der Waals surface area contributed by atoms with Crippen LogP contribution < -0.4 is 0 Å². The van der Waals surface area contributed by atoms with Crippen LogP contribution in [0.25, 0.3) is 0 Å². The summed E-state index contributed by atoms with van der Waals surface area (Å²) < 4.78 is 21.3. The summed E-state index contributed by atoms with van der Waals surface area (Å²) in [5.74, 6) is -12.6. The number of esters is 3. The molecule has 0 amide bonds. The van der Waals surface area contributed by atoms with E-state index in [0.29, 0.717) is 0 Å². The van der Waals surface area contributed by atoms with Crippen molar-refractivity contribution in [2.45, 2.75) is 31.5 Å². The Morgan fingerprint density at radius 3 is 1.38 bits per heavy atom. The molecule has 17 heteroatoms. The normalized spacial score (nSPS) is 21.1. The van der Waals surface area contributed by atoms with Gasteiger partial charge in [-0.3, -0.25) is 0 Å². The van der Waals surface area contributed by atoms with Crippen LogP contribution in [0.4, 0.5) is 0 Å². The lowest BCUT2D eigenvalue weighted by Gasteiger charge is -2.42. The Labute approximate surface area is 251 Å². The van der Waals surface area contributed by atoms with Gasteiger partial charge in [-0.15, -0.1) is 0 Å². The number of aromatic hydroxyl groups is 9. The molecule has 3 aromatic carbocycles. The van der Waals surface area contributed by atoms with E-state index in [1.54, 1.807) is 0 Å². The maximum Gasteiger partial charge on any atom is 0.340 e. The number of phenolic OH excluding ortho intramolecular Hbond substituents is 9. The predicted molar refractivity (Wildman–Crippen MR) is 143 cm³/mol. The molecule has 10 N–H and O–H groups in total. The number of aliphatic hydroxyl groups is 1. The fraction of sp³-hybridized carbons (Fsp3) is 0.250. The zero-order valence-corrected chi connectivity index (χ0v) is 22.9. The third-order valence-electron chi connectivity index (χ3n) is 6.79. The van der Waals surface area contributed by atoms with Crippen molar-refractivity contribution in [1.29, 1.82) is 0 Å². The number of rotatable bonds is 7. The highest BCUT2D eigenvalue weighted by Crippen LogP contribution is 2.39. The molecule has 0 spiro atoms. The quantitative estimate of drug-likeness (QED) is 0.0984. The van der Waals surface area contributed by atoms with Crippen LogP contribution in [0.2, 0.25) is 0 Å². The van der Waals surface area contributed by atoms with Gasteiger partial charge >= 0.3 is 17.9 Å².